The maximum Gasteiger partial charge on any atom is 0.0110 e. The summed E-state index contributed by atoms with van der Waals surface area (Å²) in [6.45, 7) is 14.4. The number of nitrogens with zero attached hydrogens (tertiary/aromatic N) is 2. The highest BCUT2D eigenvalue weighted by Crippen LogP contribution is 2.01. The van der Waals surface area contributed by atoms with Crippen LogP contribution in [0.1, 0.15) is 26.7 Å². The van der Waals surface area contributed by atoms with Crippen LogP contribution in [0.3, 0.4) is 0 Å². The average Bonchev–Trinajstić information content (AvgIpc) is 2.30. The first-order chi connectivity index (χ1) is 7.36. The molecule has 0 aromatic rings. The van der Waals surface area contributed by atoms with Crippen molar-refractivity contribution in [2.24, 2.45) is 0 Å². The molecule has 0 radical (unpaired) electrons. The molecule has 0 saturated carbocycles. The predicted molar refractivity (Wildman–Crippen MR) is 66.3 cm³/mol. The number of likely N-dealkylation sites (N-methyl/N-ethyl adjacent to an activating group) is 1. The van der Waals surface area contributed by atoms with Crippen LogP contribution in [0.2, 0.25) is 0 Å². The molecule has 1 saturated heterocycles. The van der Waals surface area contributed by atoms with E-state index < -0.39 is 0 Å². The van der Waals surface area contributed by atoms with Crippen molar-refractivity contribution in [2.75, 3.05) is 52.4 Å². The van der Waals surface area contributed by atoms with Gasteiger partial charge in [0.2, 0.25) is 0 Å². The van der Waals surface area contributed by atoms with E-state index in [1.807, 2.05) is 0 Å². The summed E-state index contributed by atoms with van der Waals surface area (Å²) in [7, 11) is 0. The second-order valence-electron chi connectivity index (χ2n) is 4.38. The van der Waals surface area contributed by atoms with Gasteiger partial charge in [0.05, 0.1) is 0 Å². The summed E-state index contributed by atoms with van der Waals surface area (Å²) in [4.78, 5) is 5.13. The normalized spacial score (nSPS) is 19.6. The Morgan fingerprint density at radius 3 is 2.20 bits per heavy atom. The van der Waals surface area contributed by atoms with E-state index >= 15 is 0 Å². The van der Waals surface area contributed by atoms with Gasteiger partial charge in [-0.3, -0.25) is 0 Å². The molecule has 90 valence electrons. The third-order valence-electron chi connectivity index (χ3n) is 3.17. The predicted octanol–water partition coefficient (Wildman–Crippen LogP) is 1.01. The molecule has 0 amide bonds. The molecule has 0 bridgehead atoms. The number of nitrogens with one attached hydrogen (secondary N) is 1. The zero-order valence-electron chi connectivity index (χ0n) is 10.5. The number of hydrogen-bond donors (Lipinski definition) is 1. The molecule has 0 aromatic carbocycles. The second-order valence-corrected chi connectivity index (χ2v) is 4.38. The van der Waals surface area contributed by atoms with Crippen LogP contribution in [0.5, 0.6) is 0 Å². The molecular weight excluding hydrogens is 186 g/mol. The summed E-state index contributed by atoms with van der Waals surface area (Å²) < 4.78 is 0. The first-order valence-corrected chi connectivity index (χ1v) is 6.52. The highest BCUT2D eigenvalue weighted by atomic mass is 15.3. The molecule has 0 spiro atoms. The molecule has 1 N–H and O–H groups in total. The lowest BCUT2D eigenvalue weighted by Crippen LogP contribution is -2.46. The van der Waals surface area contributed by atoms with Gasteiger partial charge in [0, 0.05) is 26.2 Å². The molecule has 1 fully saturated rings. The Morgan fingerprint density at radius 2 is 1.60 bits per heavy atom. The van der Waals surface area contributed by atoms with Crippen molar-refractivity contribution in [1.29, 1.82) is 0 Å². The Morgan fingerprint density at radius 1 is 0.933 bits per heavy atom. The second kappa shape index (κ2) is 8.08. The average molecular weight is 213 g/mol. The lowest BCUT2D eigenvalue weighted by Gasteiger charge is -2.33. The molecule has 1 aliphatic rings. The van der Waals surface area contributed by atoms with Crippen molar-refractivity contribution >= 4 is 0 Å². The summed E-state index contributed by atoms with van der Waals surface area (Å²) in [5, 5.41) is 3.46. The molecule has 0 aliphatic carbocycles. The topological polar surface area (TPSA) is 18.5 Å². The first-order valence-electron chi connectivity index (χ1n) is 6.52. The van der Waals surface area contributed by atoms with Crippen LogP contribution in [0.15, 0.2) is 0 Å². The monoisotopic (exact) mass is 213 g/mol. The summed E-state index contributed by atoms with van der Waals surface area (Å²) in [5.41, 5.74) is 0. The molecule has 1 heterocycles. The van der Waals surface area contributed by atoms with Crippen molar-refractivity contribution in [1.82, 2.24) is 15.1 Å². The first kappa shape index (κ1) is 12.9. The van der Waals surface area contributed by atoms with Gasteiger partial charge in [0.25, 0.3) is 0 Å². The third kappa shape index (κ3) is 5.50. The van der Waals surface area contributed by atoms with E-state index in [1.54, 1.807) is 0 Å². The number of piperazine rings is 1. The molecule has 15 heavy (non-hydrogen) atoms. The molecule has 1 aliphatic heterocycles. The molecular formula is C12H27N3. The van der Waals surface area contributed by atoms with Crippen LogP contribution in [-0.4, -0.2) is 62.2 Å². The molecule has 0 aromatic heterocycles. The lowest BCUT2D eigenvalue weighted by atomic mass is 10.3. The van der Waals surface area contributed by atoms with Crippen molar-refractivity contribution in [2.45, 2.75) is 26.7 Å². The Kier molecular flexibility index (Phi) is 6.98. The molecule has 3 nitrogen and oxygen atoms in total. The van der Waals surface area contributed by atoms with Crippen LogP contribution in [0.4, 0.5) is 0 Å². The van der Waals surface area contributed by atoms with E-state index in [1.165, 1.54) is 65.2 Å². The van der Waals surface area contributed by atoms with E-state index in [9.17, 15) is 0 Å². The maximum absolute atomic E-state index is 3.46. The zero-order chi connectivity index (χ0) is 10.9. The maximum atomic E-state index is 3.46. The van der Waals surface area contributed by atoms with Crippen LogP contribution in [0.25, 0.3) is 0 Å². The smallest absolute Gasteiger partial charge is 0.0110 e. The van der Waals surface area contributed by atoms with Crippen LogP contribution in [0, 0.1) is 0 Å². The summed E-state index contributed by atoms with van der Waals surface area (Å²) >= 11 is 0. The Labute approximate surface area is 94.8 Å². The van der Waals surface area contributed by atoms with Gasteiger partial charge in [0.1, 0.15) is 0 Å². The minimum atomic E-state index is 1.17. The van der Waals surface area contributed by atoms with Crippen molar-refractivity contribution in [3.8, 4) is 0 Å². The van der Waals surface area contributed by atoms with E-state index in [0.717, 1.165) is 0 Å². The summed E-state index contributed by atoms with van der Waals surface area (Å²) in [5.74, 6) is 0. The number of hydrogen-bond acceptors (Lipinski definition) is 3. The van der Waals surface area contributed by atoms with Crippen molar-refractivity contribution in [3.05, 3.63) is 0 Å². The fourth-order valence-electron chi connectivity index (χ4n) is 2.06. The van der Waals surface area contributed by atoms with E-state index in [0.29, 0.717) is 0 Å². The van der Waals surface area contributed by atoms with E-state index in [-0.39, 0.29) is 0 Å². The fourth-order valence-corrected chi connectivity index (χ4v) is 2.06. The minimum Gasteiger partial charge on any atom is -0.317 e. The Hall–Kier alpha value is -0.120. The third-order valence-corrected chi connectivity index (χ3v) is 3.17. The highest BCUT2D eigenvalue weighted by molar-refractivity contribution is 4.70. The molecule has 3 heteroatoms. The zero-order valence-corrected chi connectivity index (χ0v) is 10.5. The molecule has 0 unspecified atom stereocenters. The van der Waals surface area contributed by atoms with Gasteiger partial charge in [-0.25, -0.2) is 0 Å². The molecule has 0 atom stereocenters. The van der Waals surface area contributed by atoms with Crippen LogP contribution < -0.4 is 5.32 Å². The standard InChI is InChI=1S/C12H27N3/c1-3-6-13-7-5-8-15-11-9-14(4-2)10-12-15/h13H,3-12H2,1-2H3. The molecule has 1 rings (SSSR count). The fraction of sp³-hybridized carbons (Fsp3) is 1.00. The van der Waals surface area contributed by atoms with Gasteiger partial charge in [-0.05, 0) is 39.0 Å². The van der Waals surface area contributed by atoms with Gasteiger partial charge in [-0.1, -0.05) is 13.8 Å². The van der Waals surface area contributed by atoms with Gasteiger partial charge in [-0.2, -0.15) is 0 Å². The van der Waals surface area contributed by atoms with Gasteiger partial charge >= 0.3 is 0 Å². The largest absolute Gasteiger partial charge is 0.317 e. The van der Waals surface area contributed by atoms with E-state index in [2.05, 4.69) is 29.0 Å². The highest BCUT2D eigenvalue weighted by Gasteiger charge is 2.14. The van der Waals surface area contributed by atoms with Crippen LogP contribution in [-0.2, 0) is 0 Å². The minimum absolute atomic E-state index is 1.17. The SMILES string of the molecule is CCCNCCCN1CCN(CC)CC1. The van der Waals surface area contributed by atoms with Crippen molar-refractivity contribution < 1.29 is 0 Å². The summed E-state index contributed by atoms with van der Waals surface area (Å²) in [6, 6.07) is 0. The summed E-state index contributed by atoms with van der Waals surface area (Å²) in [6.07, 6.45) is 2.54. The van der Waals surface area contributed by atoms with E-state index in [4.69, 9.17) is 0 Å². The van der Waals surface area contributed by atoms with Gasteiger partial charge in [0.15, 0.2) is 0 Å². The van der Waals surface area contributed by atoms with Crippen molar-refractivity contribution in [3.63, 3.8) is 0 Å². The quantitative estimate of drug-likeness (QED) is 0.637. The Bertz CT molecular complexity index is 142. The lowest BCUT2D eigenvalue weighted by molar-refractivity contribution is 0.136. The van der Waals surface area contributed by atoms with Gasteiger partial charge in [-0.15, -0.1) is 0 Å². The number of rotatable bonds is 7. The van der Waals surface area contributed by atoms with Crippen LogP contribution >= 0.6 is 0 Å². The Balaban J connectivity index is 1.94. The van der Waals surface area contributed by atoms with Gasteiger partial charge < -0.3 is 15.1 Å².